The van der Waals surface area contributed by atoms with Crippen molar-refractivity contribution >= 4 is 17.2 Å². The Hall–Kier alpha value is -2.73. The van der Waals surface area contributed by atoms with Gasteiger partial charge in [0.05, 0.1) is 18.4 Å². The van der Waals surface area contributed by atoms with Crippen molar-refractivity contribution in [3.63, 3.8) is 0 Å². The molecule has 1 aliphatic heterocycles. The first-order valence-corrected chi connectivity index (χ1v) is 10.0. The molecule has 1 aliphatic rings. The van der Waals surface area contributed by atoms with Crippen molar-refractivity contribution in [1.29, 1.82) is 0 Å². The lowest BCUT2D eigenvalue weighted by Crippen LogP contribution is -2.34. The van der Waals surface area contributed by atoms with Gasteiger partial charge in [-0.2, -0.15) is 0 Å². The molecule has 0 spiro atoms. The number of thiophene rings is 1. The van der Waals surface area contributed by atoms with Gasteiger partial charge in [-0.05, 0) is 48.1 Å². The van der Waals surface area contributed by atoms with Crippen molar-refractivity contribution in [3.8, 4) is 17.0 Å². The lowest BCUT2D eigenvalue weighted by atomic mass is 10.0. The lowest BCUT2D eigenvalue weighted by molar-refractivity contribution is -0.121. The van der Waals surface area contributed by atoms with Gasteiger partial charge in [-0.3, -0.25) is 14.8 Å². The maximum absolute atomic E-state index is 12.1. The van der Waals surface area contributed by atoms with Gasteiger partial charge >= 0.3 is 0 Å². The monoisotopic (exact) mass is 379 g/mol. The van der Waals surface area contributed by atoms with E-state index in [2.05, 4.69) is 32.8 Å². The van der Waals surface area contributed by atoms with Crippen LogP contribution in [0.2, 0.25) is 0 Å². The summed E-state index contributed by atoms with van der Waals surface area (Å²) in [7, 11) is 0. The summed E-state index contributed by atoms with van der Waals surface area (Å²) in [4.78, 5) is 21.9. The van der Waals surface area contributed by atoms with Gasteiger partial charge in [0.25, 0.3) is 0 Å². The second-order valence-corrected chi connectivity index (χ2v) is 7.63. The summed E-state index contributed by atoms with van der Waals surface area (Å²) in [6.45, 7) is 0.535. The van der Waals surface area contributed by atoms with E-state index in [0.29, 0.717) is 13.0 Å². The molecule has 0 aliphatic carbocycles. The maximum atomic E-state index is 12.1. The second kappa shape index (κ2) is 8.31. The van der Waals surface area contributed by atoms with Gasteiger partial charge in [-0.1, -0.05) is 6.07 Å². The molecular formula is C21H21N3O2S. The number of hydrogen-bond donors (Lipinski definition) is 1. The molecule has 0 saturated heterocycles. The molecule has 1 amide bonds. The number of nitrogens with one attached hydrogen (secondary N) is 1. The average Bonchev–Trinajstić information content (AvgIpc) is 3.36. The minimum absolute atomic E-state index is 0.0154. The van der Waals surface area contributed by atoms with Crippen molar-refractivity contribution in [2.45, 2.75) is 31.8 Å². The van der Waals surface area contributed by atoms with Crippen LogP contribution in [0.3, 0.4) is 0 Å². The molecule has 5 nitrogen and oxygen atoms in total. The molecule has 0 radical (unpaired) electrons. The van der Waals surface area contributed by atoms with Gasteiger partial charge in [-0.15, -0.1) is 11.3 Å². The fourth-order valence-corrected chi connectivity index (χ4v) is 3.99. The highest BCUT2D eigenvalue weighted by atomic mass is 32.1. The Morgan fingerprint density at radius 3 is 3.07 bits per heavy atom. The van der Waals surface area contributed by atoms with Crippen LogP contribution in [0.25, 0.3) is 11.3 Å². The molecule has 27 heavy (non-hydrogen) atoms. The largest absolute Gasteiger partial charge is 0.488 e. The zero-order valence-corrected chi connectivity index (χ0v) is 15.7. The highest BCUT2D eigenvalue weighted by molar-refractivity contribution is 7.09. The SMILES string of the molecule is O=C(CCCc1cccs1)NC[C@@H]1Cc2cc(-c3cnccn3)ccc2O1. The summed E-state index contributed by atoms with van der Waals surface area (Å²) in [5.74, 6) is 0.978. The van der Waals surface area contributed by atoms with Gasteiger partial charge < -0.3 is 10.1 Å². The van der Waals surface area contributed by atoms with E-state index in [1.807, 2.05) is 18.2 Å². The zero-order valence-electron chi connectivity index (χ0n) is 14.9. The van der Waals surface area contributed by atoms with Crippen LogP contribution < -0.4 is 10.1 Å². The molecule has 3 aromatic rings. The van der Waals surface area contributed by atoms with E-state index in [1.165, 1.54) is 4.88 Å². The fraction of sp³-hybridized carbons (Fsp3) is 0.286. The van der Waals surface area contributed by atoms with E-state index in [0.717, 1.165) is 41.8 Å². The van der Waals surface area contributed by atoms with E-state index < -0.39 is 0 Å². The highest BCUT2D eigenvalue weighted by Crippen LogP contribution is 2.32. The van der Waals surface area contributed by atoms with Crippen molar-refractivity contribution in [2.24, 2.45) is 0 Å². The minimum Gasteiger partial charge on any atom is -0.488 e. The molecule has 6 heteroatoms. The smallest absolute Gasteiger partial charge is 0.220 e. The standard InChI is InChI=1S/C21H21N3O2S/c25-21(5-1-3-18-4-2-10-27-18)24-13-17-12-16-11-15(6-7-20(16)26-17)19-14-22-8-9-23-19/h2,4,6-11,14,17H,1,3,5,12-13H2,(H,24,25)/t17-/m0/s1. The predicted octanol–water partition coefficient (Wildman–Crippen LogP) is 3.65. The van der Waals surface area contributed by atoms with Crippen LogP contribution in [-0.2, 0) is 17.6 Å². The van der Waals surface area contributed by atoms with E-state index in [9.17, 15) is 4.79 Å². The van der Waals surface area contributed by atoms with Crippen LogP contribution in [0.4, 0.5) is 0 Å². The molecule has 0 fully saturated rings. The maximum Gasteiger partial charge on any atom is 0.220 e. The number of carbonyl (C=O) groups excluding carboxylic acids is 1. The number of carbonyl (C=O) groups is 1. The molecular weight excluding hydrogens is 358 g/mol. The van der Waals surface area contributed by atoms with Crippen LogP contribution in [-0.4, -0.2) is 28.5 Å². The molecule has 0 bridgehead atoms. The number of rotatable bonds is 7. The lowest BCUT2D eigenvalue weighted by Gasteiger charge is -2.11. The molecule has 1 aromatic carbocycles. The number of nitrogens with zero attached hydrogens (tertiary/aromatic N) is 2. The molecule has 0 unspecified atom stereocenters. The Morgan fingerprint density at radius 2 is 2.26 bits per heavy atom. The molecule has 4 rings (SSSR count). The first-order chi connectivity index (χ1) is 13.3. The summed E-state index contributed by atoms with van der Waals surface area (Å²) in [5, 5.41) is 5.07. The molecule has 2 aromatic heterocycles. The van der Waals surface area contributed by atoms with Gasteiger partial charge in [0.15, 0.2) is 0 Å². The van der Waals surface area contributed by atoms with Crippen molar-refractivity contribution < 1.29 is 9.53 Å². The summed E-state index contributed by atoms with van der Waals surface area (Å²) >= 11 is 1.74. The quantitative estimate of drug-likeness (QED) is 0.681. The number of aromatic nitrogens is 2. The summed E-state index contributed by atoms with van der Waals surface area (Å²) in [5.41, 5.74) is 3.03. The Balaban J connectivity index is 1.25. The molecule has 1 atom stereocenters. The van der Waals surface area contributed by atoms with E-state index in [-0.39, 0.29) is 12.0 Å². The second-order valence-electron chi connectivity index (χ2n) is 6.59. The zero-order chi connectivity index (χ0) is 18.5. The van der Waals surface area contributed by atoms with Gasteiger partial charge in [-0.25, -0.2) is 0 Å². The van der Waals surface area contributed by atoms with E-state index in [1.54, 1.807) is 29.9 Å². The highest BCUT2D eigenvalue weighted by Gasteiger charge is 2.23. The number of fused-ring (bicyclic) bond motifs is 1. The number of hydrogen-bond acceptors (Lipinski definition) is 5. The summed E-state index contributed by atoms with van der Waals surface area (Å²) in [6.07, 6.45) is 8.27. The third-order valence-corrected chi connectivity index (χ3v) is 5.53. The van der Waals surface area contributed by atoms with E-state index in [4.69, 9.17) is 4.74 Å². The van der Waals surface area contributed by atoms with Gasteiger partial charge in [0, 0.05) is 35.7 Å². The van der Waals surface area contributed by atoms with Crippen molar-refractivity contribution in [3.05, 3.63) is 64.7 Å². The Morgan fingerprint density at radius 1 is 1.30 bits per heavy atom. The molecule has 3 heterocycles. The summed E-state index contributed by atoms with van der Waals surface area (Å²) < 4.78 is 5.96. The molecule has 0 saturated carbocycles. The molecule has 138 valence electrons. The topological polar surface area (TPSA) is 64.1 Å². The van der Waals surface area contributed by atoms with Crippen molar-refractivity contribution in [1.82, 2.24) is 15.3 Å². The van der Waals surface area contributed by atoms with Crippen LogP contribution in [0, 0.1) is 0 Å². The Kier molecular flexibility index (Phi) is 5.44. The first-order valence-electron chi connectivity index (χ1n) is 9.13. The Labute approximate surface area is 162 Å². The average molecular weight is 379 g/mol. The van der Waals surface area contributed by atoms with Gasteiger partial charge in [0.2, 0.25) is 5.91 Å². The number of benzene rings is 1. The summed E-state index contributed by atoms with van der Waals surface area (Å²) in [6, 6.07) is 10.2. The van der Waals surface area contributed by atoms with Crippen LogP contribution in [0.15, 0.2) is 54.3 Å². The van der Waals surface area contributed by atoms with Gasteiger partial charge in [0.1, 0.15) is 11.9 Å². The number of aryl methyl sites for hydroxylation is 1. The fourth-order valence-electron chi connectivity index (χ4n) is 3.24. The first kappa shape index (κ1) is 17.7. The number of amides is 1. The third kappa shape index (κ3) is 4.52. The third-order valence-electron chi connectivity index (χ3n) is 4.59. The van der Waals surface area contributed by atoms with Crippen LogP contribution in [0.5, 0.6) is 5.75 Å². The Bertz CT molecular complexity index is 897. The molecule has 1 N–H and O–H groups in total. The normalized spacial score (nSPS) is 15.2. The van der Waals surface area contributed by atoms with Crippen LogP contribution >= 0.6 is 11.3 Å². The minimum atomic E-state index is -0.0154. The van der Waals surface area contributed by atoms with Crippen LogP contribution in [0.1, 0.15) is 23.3 Å². The predicted molar refractivity (Wildman–Crippen MR) is 106 cm³/mol. The van der Waals surface area contributed by atoms with E-state index >= 15 is 0 Å². The number of ether oxygens (including phenoxy) is 1. The van der Waals surface area contributed by atoms with Crippen molar-refractivity contribution in [2.75, 3.05) is 6.54 Å².